The van der Waals surface area contributed by atoms with Crippen LogP contribution in [0.1, 0.15) is 35.3 Å². The summed E-state index contributed by atoms with van der Waals surface area (Å²) in [6.07, 6.45) is 3.11. The quantitative estimate of drug-likeness (QED) is 0.236. The van der Waals surface area contributed by atoms with Crippen molar-refractivity contribution < 1.29 is 9.53 Å². The third-order valence-corrected chi connectivity index (χ3v) is 5.95. The highest BCUT2D eigenvalue weighted by atomic mass is 127. The van der Waals surface area contributed by atoms with Gasteiger partial charge in [-0.1, -0.05) is 30.3 Å². The molecule has 1 aliphatic rings. The van der Waals surface area contributed by atoms with Crippen LogP contribution in [-0.4, -0.2) is 60.6 Å². The number of ether oxygens (including phenoxy) is 1. The van der Waals surface area contributed by atoms with Gasteiger partial charge in [0.05, 0.1) is 12.2 Å². The highest BCUT2D eigenvalue weighted by molar-refractivity contribution is 14.0. The molecule has 1 fully saturated rings. The van der Waals surface area contributed by atoms with E-state index in [0.29, 0.717) is 25.2 Å². The number of aliphatic imine (C=N–C) groups is 1. The number of para-hydroxylation sites is 1. The number of nitrogens with one attached hydrogen (secondary N) is 3. The van der Waals surface area contributed by atoms with Crippen molar-refractivity contribution in [2.45, 2.75) is 39.0 Å². The van der Waals surface area contributed by atoms with Crippen molar-refractivity contribution in [1.82, 2.24) is 20.5 Å². The number of nitrogens with zero attached hydrogens (tertiary/aromatic N) is 2. The number of amides is 1. The van der Waals surface area contributed by atoms with Crippen LogP contribution in [0.4, 0.5) is 0 Å². The molecule has 7 nitrogen and oxygen atoms in total. The van der Waals surface area contributed by atoms with E-state index in [2.05, 4.69) is 45.0 Å². The van der Waals surface area contributed by atoms with Crippen molar-refractivity contribution >= 4 is 46.7 Å². The van der Waals surface area contributed by atoms with Crippen LogP contribution in [0.2, 0.25) is 0 Å². The maximum atomic E-state index is 12.8. The smallest absolute Gasteiger partial charge is 0.254 e. The lowest BCUT2D eigenvalue weighted by Crippen LogP contribution is -2.48. The van der Waals surface area contributed by atoms with Crippen LogP contribution in [0.5, 0.6) is 0 Å². The lowest BCUT2D eigenvalue weighted by molar-refractivity contribution is -0.0586. The fourth-order valence-corrected chi connectivity index (χ4v) is 4.35. The Labute approximate surface area is 218 Å². The molecule has 3 N–H and O–H groups in total. The molecule has 0 radical (unpaired) electrons. The molecule has 182 valence electrons. The summed E-state index contributed by atoms with van der Waals surface area (Å²) in [4.78, 5) is 22.4. The molecule has 2 atom stereocenters. The summed E-state index contributed by atoms with van der Waals surface area (Å²) in [5.74, 6) is 0.817. The second kappa shape index (κ2) is 12.2. The molecule has 8 heteroatoms. The van der Waals surface area contributed by atoms with Crippen LogP contribution in [0.15, 0.2) is 59.7 Å². The predicted molar refractivity (Wildman–Crippen MR) is 148 cm³/mol. The highest BCUT2D eigenvalue weighted by Gasteiger charge is 2.26. The largest absolute Gasteiger partial charge is 0.372 e. The third-order valence-electron chi connectivity index (χ3n) is 5.95. The number of rotatable bonds is 6. The number of aromatic nitrogens is 1. The summed E-state index contributed by atoms with van der Waals surface area (Å²) in [7, 11) is 1.77. The van der Waals surface area contributed by atoms with Crippen molar-refractivity contribution in [3.8, 4) is 0 Å². The average molecular weight is 575 g/mol. The number of carbonyl (C=O) groups is 1. The first-order valence-electron chi connectivity index (χ1n) is 11.6. The number of benzene rings is 2. The van der Waals surface area contributed by atoms with Crippen molar-refractivity contribution in [1.29, 1.82) is 0 Å². The van der Waals surface area contributed by atoms with Crippen LogP contribution in [0.25, 0.3) is 10.9 Å². The maximum Gasteiger partial charge on any atom is 0.254 e. The Kier molecular flexibility index (Phi) is 9.35. The van der Waals surface area contributed by atoms with Gasteiger partial charge in [0.15, 0.2) is 5.96 Å². The minimum atomic E-state index is 0. The van der Waals surface area contributed by atoms with E-state index in [1.165, 1.54) is 10.9 Å². The van der Waals surface area contributed by atoms with Gasteiger partial charge in [-0.15, -0.1) is 24.0 Å². The lowest BCUT2D eigenvalue weighted by Gasteiger charge is -2.35. The van der Waals surface area contributed by atoms with Crippen LogP contribution >= 0.6 is 24.0 Å². The number of hydrogen-bond acceptors (Lipinski definition) is 3. The first-order chi connectivity index (χ1) is 16.0. The molecule has 0 spiro atoms. The van der Waals surface area contributed by atoms with Gasteiger partial charge in [-0.2, -0.15) is 0 Å². The average Bonchev–Trinajstić information content (AvgIpc) is 3.23. The Morgan fingerprint density at radius 1 is 1.09 bits per heavy atom. The van der Waals surface area contributed by atoms with Gasteiger partial charge < -0.3 is 25.3 Å². The fourth-order valence-electron chi connectivity index (χ4n) is 4.35. The van der Waals surface area contributed by atoms with E-state index in [1.807, 2.05) is 49.1 Å². The second-order valence-electron chi connectivity index (χ2n) is 8.63. The normalized spacial score (nSPS) is 18.4. The molecule has 1 amide bonds. The summed E-state index contributed by atoms with van der Waals surface area (Å²) in [6.45, 7) is 6.69. The molecule has 3 aromatic rings. The summed E-state index contributed by atoms with van der Waals surface area (Å²) >= 11 is 0. The van der Waals surface area contributed by atoms with Gasteiger partial charge in [-0.3, -0.25) is 9.79 Å². The molecule has 1 saturated heterocycles. The van der Waals surface area contributed by atoms with Crippen molar-refractivity contribution in [3.63, 3.8) is 0 Å². The summed E-state index contributed by atoms with van der Waals surface area (Å²) < 4.78 is 5.73. The molecule has 2 heterocycles. The number of morpholine rings is 1. The SMILES string of the molecule is CN=C(NCCc1c[nH]c2ccccc12)NCc1ccc(C(=O)N2CC(C)OC(C)C2)cc1.I. The van der Waals surface area contributed by atoms with E-state index >= 15 is 0 Å². The maximum absolute atomic E-state index is 12.8. The van der Waals surface area contributed by atoms with E-state index in [-0.39, 0.29) is 42.1 Å². The van der Waals surface area contributed by atoms with Crippen LogP contribution < -0.4 is 10.6 Å². The Bertz CT molecular complexity index is 1100. The van der Waals surface area contributed by atoms with Crippen LogP contribution in [0.3, 0.4) is 0 Å². The molecule has 1 aromatic heterocycles. The predicted octanol–water partition coefficient (Wildman–Crippen LogP) is 3.94. The molecule has 0 bridgehead atoms. The van der Waals surface area contributed by atoms with E-state index in [4.69, 9.17) is 4.74 Å². The van der Waals surface area contributed by atoms with Gasteiger partial charge in [0.25, 0.3) is 5.91 Å². The lowest BCUT2D eigenvalue weighted by atomic mass is 10.1. The van der Waals surface area contributed by atoms with Gasteiger partial charge >= 0.3 is 0 Å². The summed E-state index contributed by atoms with van der Waals surface area (Å²) in [5, 5.41) is 7.98. The Morgan fingerprint density at radius 2 is 1.79 bits per heavy atom. The number of aromatic amines is 1. The van der Waals surface area contributed by atoms with Crippen molar-refractivity contribution in [2.24, 2.45) is 4.99 Å². The highest BCUT2D eigenvalue weighted by Crippen LogP contribution is 2.18. The molecule has 2 unspecified atom stereocenters. The van der Waals surface area contributed by atoms with E-state index in [9.17, 15) is 4.79 Å². The zero-order valence-electron chi connectivity index (χ0n) is 20.0. The van der Waals surface area contributed by atoms with Gasteiger partial charge in [0.1, 0.15) is 0 Å². The van der Waals surface area contributed by atoms with E-state index < -0.39 is 0 Å². The zero-order chi connectivity index (χ0) is 23.2. The first-order valence-corrected chi connectivity index (χ1v) is 11.6. The first kappa shape index (κ1) is 26.0. The summed E-state index contributed by atoms with van der Waals surface area (Å²) in [5.41, 5.74) is 4.25. The van der Waals surface area contributed by atoms with Gasteiger partial charge in [-0.25, -0.2) is 0 Å². The Morgan fingerprint density at radius 3 is 2.50 bits per heavy atom. The number of guanidine groups is 1. The van der Waals surface area contributed by atoms with E-state index in [1.54, 1.807) is 7.05 Å². The molecule has 2 aromatic carbocycles. The molecule has 1 aliphatic heterocycles. The number of halogens is 1. The minimum absolute atomic E-state index is 0. The fraction of sp³-hybridized carbons (Fsp3) is 0.385. The molecular formula is C26H34IN5O2. The van der Waals surface area contributed by atoms with Crippen molar-refractivity contribution in [2.75, 3.05) is 26.7 Å². The second-order valence-corrected chi connectivity index (χ2v) is 8.63. The van der Waals surface area contributed by atoms with Crippen LogP contribution in [0, 0.1) is 0 Å². The van der Waals surface area contributed by atoms with Crippen LogP contribution in [-0.2, 0) is 17.7 Å². The topological polar surface area (TPSA) is 81.8 Å². The number of hydrogen-bond donors (Lipinski definition) is 3. The molecule has 4 rings (SSSR count). The van der Waals surface area contributed by atoms with E-state index in [0.717, 1.165) is 30.0 Å². The van der Waals surface area contributed by atoms with Gasteiger partial charge in [0.2, 0.25) is 0 Å². The summed E-state index contributed by atoms with van der Waals surface area (Å²) in [6, 6.07) is 16.1. The van der Waals surface area contributed by atoms with Crippen molar-refractivity contribution in [3.05, 3.63) is 71.4 Å². The third kappa shape index (κ3) is 6.50. The number of fused-ring (bicyclic) bond motifs is 1. The monoisotopic (exact) mass is 575 g/mol. The van der Waals surface area contributed by atoms with Gasteiger partial charge in [0, 0.05) is 55.9 Å². The number of H-pyrrole nitrogens is 1. The zero-order valence-corrected chi connectivity index (χ0v) is 22.3. The molecule has 0 aliphatic carbocycles. The Balaban J connectivity index is 0.00000324. The number of carbonyl (C=O) groups excluding carboxylic acids is 1. The molecular weight excluding hydrogens is 541 g/mol. The standard InChI is InChI=1S/C26H33N5O2.HI/c1-18-16-31(17-19(2)33-18)25(32)21-10-8-20(9-11-21)14-30-26(27-3)28-13-12-22-15-29-24-7-5-4-6-23(22)24;/h4-11,15,18-19,29H,12-14,16-17H2,1-3H3,(H2,27,28,30);1H. The van der Waals surface area contributed by atoms with Gasteiger partial charge in [-0.05, 0) is 49.6 Å². The minimum Gasteiger partial charge on any atom is -0.372 e. The molecule has 34 heavy (non-hydrogen) atoms. The Hall–Kier alpha value is -2.59. The molecule has 0 saturated carbocycles.